The molecule has 0 aliphatic rings. The number of halogens is 1. The van der Waals surface area contributed by atoms with Crippen molar-refractivity contribution in [3.8, 4) is 0 Å². The quantitative estimate of drug-likeness (QED) is 0.604. The molecule has 0 aromatic heterocycles. The molecule has 18 heavy (non-hydrogen) atoms. The van der Waals surface area contributed by atoms with E-state index in [0.717, 1.165) is 18.2 Å². The second-order valence-corrected chi connectivity index (χ2v) is 5.97. The highest BCUT2D eigenvalue weighted by atomic mass is 79.9. The smallest absolute Gasteiger partial charge is 0.220 e. The summed E-state index contributed by atoms with van der Waals surface area (Å²) in [5.74, 6) is 0.153. The van der Waals surface area contributed by atoms with Crippen LogP contribution in [0.15, 0.2) is 30.3 Å². The summed E-state index contributed by atoms with van der Waals surface area (Å²) >= 11 is 3.37. The fourth-order valence-electron chi connectivity index (χ4n) is 1.78. The van der Waals surface area contributed by atoms with Crippen molar-refractivity contribution in [3.63, 3.8) is 0 Å². The number of alkyl halides is 1. The predicted molar refractivity (Wildman–Crippen MR) is 80.1 cm³/mol. The molecule has 0 saturated heterocycles. The highest BCUT2D eigenvalue weighted by molar-refractivity contribution is 9.09. The third kappa shape index (κ3) is 5.21. The lowest BCUT2D eigenvalue weighted by Gasteiger charge is -2.25. The maximum atomic E-state index is 11.7. The van der Waals surface area contributed by atoms with Gasteiger partial charge in [-0.15, -0.1) is 0 Å². The molecule has 0 aliphatic heterocycles. The molecule has 0 aliphatic carbocycles. The normalized spacial score (nSPS) is 11.3. The van der Waals surface area contributed by atoms with Crippen molar-refractivity contribution in [2.75, 3.05) is 11.9 Å². The van der Waals surface area contributed by atoms with Gasteiger partial charge in [0.15, 0.2) is 0 Å². The van der Waals surface area contributed by atoms with Gasteiger partial charge in [0.25, 0.3) is 0 Å². The predicted octanol–water partition coefficient (Wildman–Crippen LogP) is 3.65. The first-order chi connectivity index (χ1) is 8.56. The number of amides is 1. The molecule has 1 rings (SSSR count). The van der Waals surface area contributed by atoms with Crippen LogP contribution in [0.1, 0.15) is 38.7 Å². The van der Waals surface area contributed by atoms with E-state index in [1.165, 1.54) is 5.56 Å². The van der Waals surface area contributed by atoms with Crippen molar-refractivity contribution in [2.45, 2.75) is 38.5 Å². The highest BCUT2D eigenvalue weighted by Gasteiger charge is 2.20. The Morgan fingerprint density at radius 1 is 1.22 bits per heavy atom. The van der Waals surface area contributed by atoms with Gasteiger partial charge < -0.3 is 5.32 Å². The van der Waals surface area contributed by atoms with E-state index in [-0.39, 0.29) is 11.3 Å². The Labute approximate surface area is 118 Å². The zero-order chi connectivity index (χ0) is 13.4. The van der Waals surface area contributed by atoms with Gasteiger partial charge in [-0.3, -0.25) is 4.79 Å². The van der Waals surface area contributed by atoms with Gasteiger partial charge in [-0.2, -0.15) is 0 Å². The molecule has 0 fully saturated rings. The van der Waals surface area contributed by atoms with Crippen LogP contribution in [0.5, 0.6) is 0 Å². The molecule has 3 heteroatoms. The Morgan fingerprint density at radius 3 is 2.50 bits per heavy atom. The number of unbranched alkanes of at least 4 members (excludes halogenated alkanes) is 1. The molecule has 1 aromatic carbocycles. The summed E-state index contributed by atoms with van der Waals surface area (Å²) in [7, 11) is 0. The Hall–Kier alpha value is -0.830. The number of hydrogen-bond acceptors (Lipinski definition) is 1. The van der Waals surface area contributed by atoms with E-state index in [2.05, 4.69) is 47.2 Å². The first kappa shape index (κ1) is 15.2. The second-order valence-electron chi connectivity index (χ2n) is 5.17. The Balaban J connectivity index is 2.40. The number of benzene rings is 1. The maximum absolute atomic E-state index is 11.7. The van der Waals surface area contributed by atoms with Crippen LogP contribution in [-0.2, 0) is 10.2 Å². The summed E-state index contributed by atoms with van der Waals surface area (Å²) < 4.78 is 0. The van der Waals surface area contributed by atoms with Crippen LogP contribution in [0.4, 0.5) is 0 Å². The van der Waals surface area contributed by atoms with Crippen LogP contribution in [0.3, 0.4) is 0 Å². The second kappa shape index (κ2) is 7.57. The minimum absolute atomic E-state index is 0.0215. The number of nitrogens with one attached hydrogen (secondary N) is 1. The molecule has 0 spiro atoms. The van der Waals surface area contributed by atoms with Crippen LogP contribution < -0.4 is 5.32 Å². The van der Waals surface area contributed by atoms with E-state index < -0.39 is 0 Å². The Morgan fingerprint density at radius 2 is 1.89 bits per heavy atom. The molecule has 1 amide bonds. The molecule has 100 valence electrons. The monoisotopic (exact) mass is 311 g/mol. The molecule has 1 aromatic rings. The highest BCUT2D eigenvalue weighted by Crippen LogP contribution is 2.21. The Kier molecular flexibility index (Phi) is 6.41. The first-order valence-corrected chi connectivity index (χ1v) is 7.56. The van der Waals surface area contributed by atoms with Crippen LogP contribution in [-0.4, -0.2) is 17.8 Å². The average molecular weight is 312 g/mol. The summed E-state index contributed by atoms with van der Waals surface area (Å²) in [4.78, 5) is 11.7. The molecular formula is C15H22BrNO. The van der Waals surface area contributed by atoms with Crippen molar-refractivity contribution in [3.05, 3.63) is 35.9 Å². The van der Waals surface area contributed by atoms with Gasteiger partial charge >= 0.3 is 0 Å². The van der Waals surface area contributed by atoms with E-state index >= 15 is 0 Å². The number of hydrogen-bond donors (Lipinski definition) is 1. The van der Waals surface area contributed by atoms with Crippen LogP contribution >= 0.6 is 15.9 Å². The lowest BCUT2D eigenvalue weighted by molar-refractivity contribution is -0.121. The zero-order valence-corrected chi connectivity index (χ0v) is 12.8. The van der Waals surface area contributed by atoms with Gasteiger partial charge in [-0.1, -0.05) is 60.1 Å². The van der Waals surface area contributed by atoms with Gasteiger partial charge in [0, 0.05) is 23.7 Å². The van der Waals surface area contributed by atoms with Crippen molar-refractivity contribution in [1.82, 2.24) is 5.32 Å². The van der Waals surface area contributed by atoms with Gasteiger partial charge in [-0.05, 0) is 18.4 Å². The van der Waals surface area contributed by atoms with Crippen LogP contribution in [0.2, 0.25) is 0 Å². The molecule has 1 N–H and O–H groups in total. The summed E-state index contributed by atoms with van der Waals surface area (Å²) in [5, 5.41) is 3.99. The van der Waals surface area contributed by atoms with E-state index in [9.17, 15) is 4.79 Å². The van der Waals surface area contributed by atoms with Gasteiger partial charge in [0.1, 0.15) is 0 Å². The standard InChI is InChI=1S/C15H22BrNO/c1-15(2,13-8-4-3-5-9-13)12-17-14(18)10-6-7-11-16/h3-5,8-9H,6-7,10-12H2,1-2H3,(H,17,18). The third-order valence-corrected chi connectivity index (χ3v) is 3.63. The van der Waals surface area contributed by atoms with E-state index in [0.29, 0.717) is 13.0 Å². The van der Waals surface area contributed by atoms with Gasteiger partial charge in [0.2, 0.25) is 5.91 Å². The number of rotatable bonds is 7. The van der Waals surface area contributed by atoms with Crippen molar-refractivity contribution < 1.29 is 4.79 Å². The first-order valence-electron chi connectivity index (χ1n) is 6.44. The average Bonchev–Trinajstić information content (AvgIpc) is 2.38. The van der Waals surface area contributed by atoms with Crippen molar-refractivity contribution >= 4 is 21.8 Å². The third-order valence-electron chi connectivity index (χ3n) is 3.07. The summed E-state index contributed by atoms with van der Waals surface area (Å²) in [6.07, 6.45) is 2.62. The maximum Gasteiger partial charge on any atom is 0.220 e. The molecule has 0 unspecified atom stereocenters. The summed E-state index contributed by atoms with van der Waals surface area (Å²) in [6, 6.07) is 10.3. The van der Waals surface area contributed by atoms with Gasteiger partial charge in [-0.25, -0.2) is 0 Å². The van der Waals surface area contributed by atoms with E-state index in [4.69, 9.17) is 0 Å². The molecule has 0 heterocycles. The fourth-order valence-corrected chi connectivity index (χ4v) is 2.18. The van der Waals surface area contributed by atoms with E-state index in [1.54, 1.807) is 0 Å². The van der Waals surface area contributed by atoms with Crippen LogP contribution in [0, 0.1) is 0 Å². The van der Waals surface area contributed by atoms with Crippen LogP contribution in [0.25, 0.3) is 0 Å². The topological polar surface area (TPSA) is 29.1 Å². The molecule has 2 nitrogen and oxygen atoms in total. The minimum atomic E-state index is -0.0215. The van der Waals surface area contributed by atoms with Crippen molar-refractivity contribution in [1.29, 1.82) is 0 Å². The number of carbonyl (C=O) groups is 1. The SMILES string of the molecule is CC(C)(CNC(=O)CCCCBr)c1ccccc1. The van der Waals surface area contributed by atoms with Gasteiger partial charge in [0.05, 0.1) is 0 Å². The molecule has 0 saturated carbocycles. The zero-order valence-electron chi connectivity index (χ0n) is 11.2. The molecular weight excluding hydrogens is 290 g/mol. The summed E-state index contributed by atoms with van der Waals surface area (Å²) in [6.45, 7) is 4.99. The van der Waals surface area contributed by atoms with E-state index in [1.807, 2.05) is 18.2 Å². The fraction of sp³-hybridized carbons (Fsp3) is 0.533. The summed E-state index contributed by atoms with van der Waals surface area (Å²) in [5.41, 5.74) is 1.23. The Bertz CT molecular complexity index is 362. The lowest BCUT2D eigenvalue weighted by atomic mass is 9.84. The molecule has 0 radical (unpaired) electrons. The molecule has 0 bridgehead atoms. The largest absolute Gasteiger partial charge is 0.355 e. The number of carbonyl (C=O) groups excluding carboxylic acids is 1. The van der Waals surface area contributed by atoms with Crippen molar-refractivity contribution in [2.24, 2.45) is 0 Å². The minimum Gasteiger partial charge on any atom is -0.355 e. The molecule has 0 atom stereocenters. The lowest BCUT2D eigenvalue weighted by Crippen LogP contribution is -2.36.